The van der Waals surface area contributed by atoms with Crippen molar-refractivity contribution in [2.45, 2.75) is 57.5 Å². The number of nitrogens with zero attached hydrogens (tertiary/aromatic N) is 3. The topological polar surface area (TPSA) is 110 Å². The minimum Gasteiger partial charge on any atom is -0.416 e. The van der Waals surface area contributed by atoms with Crippen LogP contribution in [-0.2, 0) is 11.8 Å². The number of halogens is 6. The molecule has 0 saturated carbocycles. The minimum atomic E-state index is -5.12. The Labute approximate surface area is 173 Å². The van der Waals surface area contributed by atoms with Crippen molar-refractivity contribution in [1.29, 1.82) is 0 Å². The van der Waals surface area contributed by atoms with Gasteiger partial charge >= 0.3 is 12.4 Å². The van der Waals surface area contributed by atoms with E-state index in [1.54, 1.807) is 13.8 Å². The standard InChI is InChI=1S/C18H21F6N5O2/c1-15(2)4-3-5-16(30,18(22,23)24)14-29-28-13(31-14)11-10(25)8-9(17(19,20)21)12(27-11)26-7-6-15/h8,30H,3-7,25H2,1-2H3,(H,26,27)/t16-/m1/s1. The van der Waals surface area contributed by atoms with Gasteiger partial charge in [-0.3, -0.25) is 0 Å². The lowest BCUT2D eigenvalue weighted by Gasteiger charge is -2.30. The highest BCUT2D eigenvalue weighted by Gasteiger charge is 2.58. The SMILES string of the molecule is CC1(C)CCC[C@](O)(C(F)(F)F)c2nnc(o2)-c2nc(c(C(F)(F)F)cc2N)NCC1. The molecule has 0 spiro atoms. The van der Waals surface area contributed by atoms with Gasteiger partial charge < -0.3 is 20.6 Å². The number of aromatic nitrogens is 3. The summed E-state index contributed by atoms with van der Waals surface area (Å²) in [6, 6.07) is 0.599. The Kier molecular flexibility index (Phi) is 5.61. The first-order chi connectivity index (χ1) is 14.1. The number of nitrogens with two attached hydrogens (primary N) is 1. The third-order valence-corrected chi connectivity index (χ3v) is 5.29. The monoisotopic (exact) mass is 453 g/mol. The van der Waals surface area contributed by atoms with E-state index in [9.17, 15) is 31.4 Å². The van der Waals surface area contributed by atoms with Crippen LogP contribution in [0.25, 0.3) is 11.6 Å². The number of aliphatic hydroxyl groups is 1. The van der Waals surface area contributed by atoms with Crippen LogP contribution in [0.2, 0.25) is 0 Å². The van der Waals surface area contributed by atoms with Crippen molar-refractivity contribution >= 4 is 11.5 Å². The Morgan fingerprint density at radius 2 is 1.77 bits per heavy atom. The second kappa shape index (κ2) is 7.53. The third-order valence-electron chi connectivity index (χ3n) is 5.29. The summed E-state index contributed by atoms with van der Waals surface area (Å²) in [7, 11) is 0. The molecule has 3 heterocycles. The van der Waals surface area contributed by atoms with Crippen molar-refractivity contribution in [2.24, 2.45) is 5.41 Å². The molecule has 1 aliphatic rings. The van der Waals surface area contributed by atoms with Crippen molar-refractivity contribution in [3.05, 3.63) is 17.5 Å². The molecule has 2 aromatic rings. The highest BCUT2D eigenvalue weighted by molar-refractivity contribution is 5.71. The summed E-state index contributed by atoms with van der Waals surface area (Å²) < 4.78 is 86.4. The lowest BCUT2D eigenvalue weighted by Crippen LogP contribution is -2.42. The molecule has 0 fully saturated rings. The van der Waals surface area contributed by atoms with Gasteiger partial charge in [0.05, 0.1) is 11.3 Å². The van der Waals surface area contributed by atoms with Crippen molar-refractivity contribution in [3.63, 3.8) is 0 Å². The van der Waals surface area contributed by atoms with Crippen LogP contribution in [0.4, 0.5) is 37.8 Å². The average Bonchev–Trinajstić information content (AvgIpc) is 3.10. The summed E-state index contributed by atoms with van der Waals surface area (Å²) in [6.07, 6.45) is -10.1. The number of hydrogen-bond donors (Lipinski definition) is 3. The molecule has 0 aromatic carbocycles. The van der Waals surface area contributed by atoms with Gasteiger partial charge in [0.15, 0.2) is 5.69 Å². The Hall–Kier alpha value is -2.57. The molecular weight excluding hydrogens is 432 g/mol. The molecule has 3 rings (SSSR count). The normalized spacial score (nSPS) is 22.5. The molecule has 0 saturated heterocycles. The molecule has 31 heavy (non-hydrogen) atoms. The van der Waals surface area contributed by atoms with Crippen LogP contribution < -0.4 is 11.1 Å². The first-order valence-electron chi connectivity index (χ1n) is 9.39. The minimum absolute atomic E-state index is 0.0415. The van der Waals surface area contributed by atoms with Crippen molar-refractivity contribution in [2.75, 3.05) is 17.6 Å². The van der Waals surface area contributed by atoms with E-state index in [0.717, 1.165) is 0 Å². The van der Waals surface area contributed by atoms with E-state index in [1.807, 2.05) is 0 Å². The second-order valence-corrected chi connectivity index (χ2v) is 8.29. The zero-order valence-electron chi connectivity index (χ0n) is 16.7. The maximum Gasteiger partial charge on any atom is 0.426 e. The number of nitrogens with one attached hydrogen (secondary N) is 1. The summed E-state index contributed by atoms with van der Waals surface area (Å²) in [4.78, 5) is 3.81. The molecular formula is C18H21F6N5O2. The average molecular weight is 453 g/mol. The number of fused-ring (bicyclic) bond motifs is 5. The Morgan fingerprint density at radius 1 is 1.10 bits per heavy atom. The Bertz CT molecular complexity index is 956. The number of nitrogen functional groups attached to an aromatic ring is 1. The van der Waals surface area contributed by atoms with Crippen LogP contribution in [0.1, 0.15) is 51.0 Å². The number of anilines is 2. The van der Waals surface area contributed by atoms with Gasteiger partial charge in [-0.25, -0.2) is 4.98 Å². The van der Waals surface area contributed by atoms with Gasteiger partial charge in [-0.15, -0.1) is 10.2 Å². The van der Waals surface area contributed by atoms with Gasteiger partial charge in [0, 0.05) is 6.54 Å². The van der Waals surface area contributed by atoms with Gasteiger partial charge in [0.2, 0.25) is 5.60 Å². The van der Waals surface area contributed by atoms with Gasteiger partial charge in [-0.1, -0.05) is 13.8 Å². The summed E-state index contributed by atoms with van der Waals surface area (Å²) in [5.41, 5.74) is -0.357. The highest BCUT2D eigenvalue weighted by Crippen LogP contribution is 2.45. The number of rotatable bonds is 0. The van der Waals surface area contributed by atoms with Crippen LogP contribution in [0, 0.1) is 5.41 Å². The smallest absolute Gasteiger partial charge is 0.416 e. The van der Waals surface area contributed by atoms with E-state index in [4.69, 9.17) is 10.2 Å². The zero-order chi connectivity index (χ0) is 23.2. The van der Waals surface area contributed by atoms with Gasteiger partial charge in [0.25, 0.3) is 11.8 Å². The molecule has 0 radical (unpaired) electrons. The van der Waals surface area contributed by atoms with Crippen LogP contribution >= 0.6 is 0 Å². The first kappa shape index (κ1) is 23.1. The first-order valence-corrected chi connectivity index (χ1v) is 9.39. The molecule has 1 atom stereocenters. The second-order valence-electron chi connectivity index (χ2n) is 8.29. The molecule has 0 unspecified atom stereocenters. The molecule has 4 bridgehead atoms. The lowest BCUT2D eigenvalue weighted by molar-refractivity contribution is -0.277. The molecule has 2 aromatic heterocycles. The van der Waals surface area contributed by atoms with Gasteiger partial charge in [-0.2, -0.15) is 26.3 Å². The predicted molar refractivity (Wildman–Crippen MR) is 97.6 cm³/mol. The fourth-order valence-electron chi connectivity index (χ4n) is 3.37. The Balaban J connectivity index is 2.18. The molecule has 7 nitrogen and oxygen atoms in total. The molecule has 13 heteroatoms. The molecule has 1 aliphatic heterocycles. The third kappa shape index (κ3) is 4.55. The quantitative estimate of drug-likeness (QED) is 0.504. The van der Waals surface area contributed by atoms with Gasteiger partial charge in [-0.05, 0) is 37.2 Å². The van der Waals surface area contributed by atoms with Crippen molar-refractivity contribution in [1.82, 2.24) is 15.2 Å². The maximum atomic E-state index is 13.7. The van der Waals surface area contributed by atoms with Crippen LogP contribution in [0.3, 0.4) is 0 Å². The number of pyridine rings is 1. The number of hydrogen-bond acceptors (Lipinski definition) is 7. The van der Waals surface area contributed by atoms with E-state index in [0.29, 0.717) is 12.5 Å². The molecule has 0 aliphatic carbocycles. The maximum absolute atomic E-state index is 13.7. The molecule has 172 valence electrons. The summed E-state index contributed by atoms with van der Waals surface area (Å²) >= 11 is 0. The van der Waals surface area contributed by atoms with Crippen LogP contribution in [-0.4, -0.2) is 33.0 Å². The van der Waals surface area contributed by atoms with Gasteiger partial charge in [0.1, 0.15) is 5.82 Å². The largest absolute Gasteiger partial charge is 0.426 e. The van der Waals surface area contributed by atoms with Crippen molar-refractivity contribution in [3.8, 4) is 11.6 Å². The molecule has 4 N–H and O–H groups in total. The fraction of sp³-hybridized carbons (Fsp3) is 0.611. The highest BCUT2D eigenvalue weighted by atomic mass is 19.4. The van der Waals surface area contributed by atoms with Crippen LogP contribution in [0.5, 0.6) is 0 Å². The van der Waals surface area contributed by atoms with Crippen LogP contribution in [0.15, 0.2) is 10.5 Å². The van der Waals surface area contributed by atoms with Crippen molar-refractivity contribution < 1.29 is 35.9 Å². The summed E-state index contributed by atoms with van der Waals surface area (Å²) in [6.45, 7) is 3.61. The fourth-order valence-corrected chi connectivity index (χ4v) is 3.37. The summed E-state index contributed by atoms with van der Waals surface area (Å²) in [5.74, 6) is -2.32. The molecule has 0 amide bonds. The lowest BCUT2D eigenvalue weighted by atomic mass is 9.82. The van der Waals surface area contributed by atoms with E-state index in [1.165, 1.54) is 0 Å². The zero-order valence-corrected chi connectivity index (χ0v) is 16.7. The van der Waals surface area contributed by atoms with E-state index >= 15 is 0 Å². The summed E-state index contributed by atoms with van der Waals surface area (Å²) in [5, 5.41) is 19.8. The van der Waals surface area contributed by atoms with E-state index in [-0.39, 0.29) is 19.4 Å². The Morgan fingerprint density at radius 3 is 2.39 bits per heavy atom. The van der Waals surface area contributed by atoms with E-state index < -0.39 is 64.3 Å². The van der Waals surface area contributed by atoms with E-state index in [2.05, 4.69) is 20.5 Å². The number of alkyl halides is 6. The predicted octanol–water partition coefficient (Wildman–Crippen LogP) is 4.49.